The van der Waals surface area contributed by atoms with Crippen LogP contribution in [0.15, 0.2) is 54.9 Å². The van der Waals surface area contributed by atoms with Gasteiger partial charge in [0, 0.05) is 18.3 Å². The van der Waals surface area contributed by atoms with Gasteiger partial charge in [-0.15, -0.1) is 0 Å². The van der Waals surface area contributed by atoms with Gasteiger partial charge < -0.3 is 24.8 Å². The van der Waals surface area contributed by atoms with E-state index in [1.165, 1.54) is 16.4 Å². The van der Waals surface area contributed by atoms with Crippen molar-refractivity contribution in [1.29, 1.82) is 0 Å². The first-order valence-electron chi connectivity index (χ1n) is 10.4. The molecule has 164 valence electrons. The summed E-state index contributed by atoms with van der Waals surface area (Å²) < 4.78 is 17.8. The highest BCUT2D eigenvalue weighted by Gasteiger charge is 2.21. The number of ether oxygens (including phenoxy) is 3. The molecule has 2 aliphatic rings. The van der Waals surface area contributed by atoms with Crippen molar-refractivity contribution >= 4 is 17.5 Å². The van der Waals surface area contributed by atoms with E-state index in [9.17, 15) is 9.59 Å². The second-order valence-electron chi connectivity index (χ2n) is 7.56. The number of nitrogens with zero attached hydrogens (tertiary/aromatic N) is 2. The average molecular weight is 434 g/mol. The second-order valence-corrected chi connectivity index (χ2v) is 7.56. The third-order valence-corrected chi connectivity index (χ3v) is 5.41. The molecule has 3 aromatic rings. The molecule has 0 fully saturated rings. The summed E-state index contributed by atoms with van der Waals surface area (Å²) in [5.41, 5.74) is 3.30. The predicted molar refractivity (Wildman–Crippen MR) is 115 cm³/mol. The van der Waals surface area contributed by atoms with E-state index >= 15 is 0 Å². The number of carbonyl (C=O) groups excluding carboxylic acids is 2. The Labute approximate surface area is 184 Å². The number of nitrogens with one attached hydrogen (secondary N) is 2. The average Bonchev–Trinajstić information content (AvgIpc) is 3.46. The summed E-state index contributed by atoms with van der Waals surface area (Å²) in [4.78, 5) is 24.9. The number of fused-ring (bicyclic) bond motifs is 2. The first-order valence-corrected chi connectivity index (χ1v) is 10.4. The molecule has 2 amide bonds. The van der Waals surface area contributed by atoms with Gasteiger partial charge in [-0.25, -0.2) is 0 Å². The Balaban J connectivity index is 1.14. The Kier molecular flexibility index (Phi) is 5.47. The summed E-state index contributed by atoms with van der Waals surface area (Å²) >= 11 is 0. The highest BCUT2D eigenvalue weighted by atomic mass is 16.7. The lowest BCUT2D eigenvalue weighted by Gasteiger charge is -2.26. The second kappa shape index (κ2) is 8.72. The van der Waals surface area contributed by atoms with Gasteiger partial charge in [0.15, 0.2) is 11.5 Å². The first-order chi connectivity index (χ1) is 15.7. The molecule has 2 aliphatic heterocycles. The number of aromatic nitrogens is 2. The monoisotopic (exact) mass is 434 g/mol. The first kappa shape index (κ1) is 20.1. The van der Waals surface area contributed by atoms with Crippen molar-refractivity contribution < 1.29 is 23.8 Å². The lowest BCUT2D eigenvalue weighted by atomic mass is 9.97. The third-order valence-electron chi connectivity index (χ3n) is 5.41. The van der Waals surface area contributed by atoms with Crippen LogP contribution in [0.3, 0.4) is 0 Å². The Bertz CT molecular complexity index is 1160. The van der Waals surface area contributed by atoms with E-state index < -0.39 is 0 Å². The molecule has 9 heteroatoms. The maximum absolute atomic E-state index is 12.5. The molecule has 3 heterocycles. The number of rotatable bonds is 6. The van der Waals surface area contributed by atoms with Crippen molar-refractivity contribution in [1.82, 2.24) is 15.1 Å². The van der Waals surface area contributed by atoms with Crippen LogP contribution in [0.2, 0.25) is 0 Å². The predicted octanol–water partition coefficient (Wildman–Crippen LogP) is 2.29. The summed E-state index contributed by atoms with van der Waals surface area (Å²) in [5, 5.41) is 9.83. The molecule has 0 saturated heterocycles. The fourth-order valence-corrected chi connectivity index (χ4v) is 3.81. The zero-order valence-corrected chi connectivity index (χ0v) is 17.2. The highest BCUT2D eigenvalue weighted by molar-refractivity contribution is 6.04. The Morgan fingerprint density at radius 1 is 1.12 bits per heavy atom. The van der Waals surface area contributed by atoms with Crippen molar-refractivity contribution in [2.45, 2.75) is 19.1 Å². The lowest BCUT2D eigenvalue weighted by molar-refractivity contribution is -0.122. The molecule has 2 aromatic carbocycles. The van der Waals surface area contributed by atoms with E-state index in [2.05, 4.69) is 21.8 Å². The van der Waals surface area contributed by atoms with E-state index in [0.29, 0.717) is 35.9 Å². The molecule has 5 rings (SSSR count). The Morgan fingerprint density at radius 2 is 2.00 bits per heavy atom. The summed E-state index contributed by atoms with van der Waals surface area (Å²) in [6.07, 6.45) is 3.84. The standard InChI is InChI=1S/C23H22N4O5/c28-22(24-11-21-18-4-2-1-3-15(18)7-8-30-21)13-27-12-17(10-25-27)26-23(29)16-5-6-19-20(9-16)32-14-31-19/h1-6,9-10,12,21H,7-8,11,13-14H2,(H,24,28)(H,26,29). The van der Waals surface area contributed by atoms with Gasteiger partial charge in [-0.2, -0.15) is 5.10 Å². The molecule has 0 saturated carbocycles. The molecule has 0 aliphatic carbocycles. The number of carbonyl (C=O) groups is 2. The van der Waals surface area contributed by atoms with Crippen LogP contribution in [0.25, 0.3) is 0 Å². The van der Waals surface area contributed by atoms with Gasteiger partial charge in [0.05, 0.1) is 18.5 Å². The zero-order valence-electron chi connectivity index (χ0n) is 17.2. The third kappa shape index (κ3) is 4.28. The molecule has 0 spiro atoms. The van der Waals surface area contributed by atoms with Crippen LogP contribution in [0.5, 0.6) is 11.5 Å². The number of hydrogen-bond donors (Lipinski definition) is 2. The molecule has 1 atom stereocenters. The van der Waals surface area contributed by atoms with Gasteiger partial charge in [0.2, 0.25) is 12.7 Å². The van der Waals surface area contributed by atoms with Crippen LogP contribution in [-0.4, -0.2) is 41.5 Å². The van der Waals surface area contributed by atoms with E-state index in [0.717, 1.165) is 12.0 Å². The van der Waals surface area contributed by atoms with Crippen molar-refractivity contribution in [3.05, 3.63) is 71.5 Å². The zero-order chi connectivity index (χ0) is 21.9. The number of amides is 2. The van der Waals surface area contributed by atoms with Gasteiger partial charge in [-0.1, -0.05) is 24.3 Å². The smallest absolute Gasteiger partial charge is 0.255 e. The Morgan fingerprint density at radius 3 is 2.94 bits per heavy atom. The van der Waals surface area contributed by atoms with Crippen LogP contribution in [-0.2, 0) is 22.5 Å². The molecule has 1 unspecified atom stereocenters. The largest absolute Gasteiger partial charge is 0.454 e. The van der Waals surface area contributed by atoms with Gasteiger partial charge in [-0.05, 0) is 35.7 Å². The van der Waals surface area contributed by atoms with Crippen LogP contribution in [0, 0.1) is 0 Å². The van der Waals surface area contributed by atoms with Gasteiger partial charge in [-0.3, -0.25) is 14.3 Å². The van der Waals surface area contributed by atoms with E-state index in [-0.39, 0.29) is 31.3 Å². The highest BCUT2D eigenvalue weighted by Crippen LogP contribution is 2.32. The number of anilines is 1. The molecule has 9 nitrogen and oxygen atoms in total. The van der Waals surface area contributed by atoms with Crippen LogP contribution in [0.4, 0.5) is 5.69 Å². The SMILES string of the molecule is O=C(Cn1cc(NC(=O)c2ccc3c(c2)OCO3)cn1)NCC1OCCc2ccccc21. The van der Waals surface area contributed by atoms with Gasteiger partial charge in [0.25, 0.3) is 5.91 Å². The molecule has 1 aromatic heterocycles. The van der Waals surface area contributed by atoms with Crippen molar-refractivity contribution in [2.24, 2.45) is 0 Å². The molecule has 0 radical (unpaired) electrons. The van der Waals surface area contributed by atoms with Crippen LogP contribution in [0.1, 0.15) is 27.6 Å². The van der Waals surface area contributed by atoms with Crippen molar-refractivity contribution in [3.63, 3.8) is 0 Å². The minimum absolute atomic E-state index is 0.0360. The summed E-state index contributed by atoms with van der Waals surface area (Å²) in [5.74, 6) is 0.658. The maximum Gasteiger partial charge on any atom is 0.255 e. The Hall–Kier alpha value is -3.85. The fourth-order valence-electron chi connectivity index (χ4n) is 3.81. The number of hydrogen-bond acceptors (Lipinski definition) is 6. The van der Waals surface area contributed by atoms with Gasteiger partial charge in [0.1, 0.15) is 12.6 Å². The van der Waals surface area contributed by atoms with Crippen molar-refractivity contribution in [3.8, 4) is 11.5 Å². The summed E-state index contributed by atoms with van der Waals surface area (Å²) in [6.45, 7) is 1.22. The molecule has 0 bridgehead atoms. The van der Waals surface area contributed by atoms with Crippen LogP contribution >= 0.6 is 0 Å². The lowest BCUT2D eigenvalue weighted by Crippen LogP contribution is -2.34. The van der Waals surface area contributed by atoms with E-state index in [1.54, 1.807) is 24.4 Å². The number of benzene rings is 2. The topological polar surface area (TPSA) is 104 Å². The quantitative estimate of drug-likeness (QED) is 0.617. The molecular weight excluding hydrogens is 412 g/mol. The summed E-state index contributed by atoms with van der Waals surface area (Å²) in [7, 11) is 0. The maximum atomic E-state index is 12.5. The summed E-state index contributed by atoms with van der Waals surface area (Å²) in [6, 6.07) is 13.1. The molecule has 2 N–H and O–H groups in total. The fraction of sp³-hybridized carbons (Fsp3) is 0.261. The van der Waals surface area contributed by atoms with E-state index in [4.69, 9.17) is 14.2 Å². The van der Waals surface area contributed by atoms with Crippen molar-refractivity contribution in [2.75, 3.05) is 25.3 Å². The van der Waals surface area contributed by atoms with Gasteiger partial charge >= 0.3 is 0 Å². The normalized spacial score (nSPS) is 16.3. The van der Waals surface area contributed by atoms with Crippen LogP contribution < -0.4 is 20.1 Å². The minimum Gasteiger partial charge on any atom is -0.454 e. The molecular formula is C23H22N4O5. The minimum atomic E-state index is -0.305. The van der Waals surface area contributed by atoms with E-state index in [1.807, 2.05) is 18.2 Å². The molecule has 32 heavy (non-hydrogen) atoms.